The Labute approximate surface area is 109 Å². The van der Waals surface area contributed by atoms with E-state index < -0.39 is 0 Å². The Balaban J connectivity index is 1.93. The van der Waals surface area contributed by atoms with Crippen molar-refractivity contribution in [1.29, 1.82) is 0 Å². The molecule has 18 heavy (non-hydrogen) atoms. The van der Waals surface area contributed by atoms with Gasteiger partial charge >= 0.3 is 5.97 Å². The van der Waals surface area contributed by atoms with E-state index in [9.17, 15) is 4.79 Å². The molecule has 1 spiro atoms. The smallest absolute Gasteiger partial charge is 0.311 e. The SMILES string of the molecule is CCOC(=O)[C@@H]1C(C)(C)[C@H]2ON2C12CCCCC2. The van der Waals surface area contributed by atoms with Crippen molar-refractivity contribution in [1.82, 2.24) is 5.06 Å². The maximum absolute atomic E-state index is 12.4. The number of nitrogens with zero attached hydrogens (tertiary/aromatic N) is 1. The van der Waals surface area contributed by atoms with Crippen LogP contribution in [0.1, 0.15) is 52.9 Å². The molecule has 4 nitrogen and oxygen atoms in total. The first-order valence-corrected chi connectivity index (χ1v) is 7.17. The molecule has 4 heteroatoms. The standard InChI is InChI=1S/C14H23NO3/c1-4-17-11(16)10-13(2,3)12-15(18-12)14(10)8-6-5-7-9-14/h10,12H,4-9H2,1-3H3/t10-,12-,15?/m1/s1. The number of carbonyl (C=O) groups excluding carboxylic acids is 1. The molecule has 102 valence electrons. The molecule has 0 aromatic rings. The minimum absolute atomic E-state index is 0.0276. The van der Waals surface area contributed by atoms with Crippen molar-refractivity contribution in [3.05, 3.63) is 0 Å². The summed E-state index contributed by atoms with van der Waals surface area (Å²) in [6, 6.07) is 0. The quantitative estimate of drug-likeness (QED) is 0.560. The summed E-state index contributed by atoms with van der Waals surface area (Å²) in [6.45, 7) is 6.63. The van der Waals surface area contributed by atoms with Crippen molar-refractivity contribution in [3.63, 3.8) is 0 Å². The summed E-state index contributed by atoms with van der Waals surface area (Å²) in [5, 5.41) is 2.10. The second-order valence-electron chi connectivity index (χ2n) is 6.45. The van der Waals surface area contributed by atoms with Gasteiger partial charge in [0, 0.05) is 5.41 Å². The topological polar surface area (TPSA) is 41.8 Å². The number of ether oxygens (including phenoxy) is 1. The number of esters is 1. The van der Waals surface area contributed by atoms with Crippen molar-refractivity contribution in [2.24, 2.45) is 11.3 Å². The Morgan fingerprint density at radius 1 is 1.33 bits per heavy atom. The molecule has 3 atom stereocenters. The van der Waals surface area contributed by atoms with Crippen molar-refractivity contribution in [3.8, 4) is 0 Å². The van der Waals surface area contributed by atoms with Gasteiger partial charge in [-0.25, -0.2) is 0 Å². The molecular formula is C14H23NO3. The van der Waals surface area contributed by atoms with Crippen LogP contribution in [0, 0.1) is 11.3 Å². The van der Waals surface area contributed by atoms with Crippen molar-refractivity contribution < 1.29 is 14.4 Å². The van der Waals surface area contributed by atoms with E-state index in [1.165, 1.54) is 19.3 Å². The molecule has 0 N–H and O–H groups in total. The number of rotatable bonds is 2. The zero-order valence-corrected chi connectivity index (χ0v) is 11.6. The van der Waals surface area contributed by atoms with Gasteiger partial charge in [0.2, 0.25) is 0 Å². The second-order valence-corrected chi connectivity index (χ2v) is 6.45. The third-order valence-electron chi connectivity index (χ3n) is 4.98. The molecule has 1 unspecified atom stereocenters. The van der Waals surface area contributed by atoms with Crippen LogP contribution in [0.25, 0.3) is 0 Å². The molecule has 3 fully saturated rings. The van der Waals surface area contributed by atoms with Gasteiger partial charge < -0.3 is 4.74 Å². The summed E-state index contributed by atoms with van der Waals surface area (Å²) in [4.78, 5) is 18.1. The Bertz CT molecular complexity index is 360. The molecule has 0 radical (unpaired) electrons. The van der Waals surface area contributed by atoms with Crippen molar-refractivity contribution in [2.45, 2.75) is 64.6 Å². The minimum Gasteiger partial charge on any atom is -0.466 e. The average Bonchev–Trinajstić information content (AvgIpc) is 3.07. The highest BCUT2D eigenvalue weighted by atomic mass is 16.8. The monoisotopic (exact) mass is 253 g/mol. The van der Waals surface area contributed by atoms with Crippen LogP contribution in [0.5, 0.6) is 0 Å². The van der Waals surface area contributed by atoms with Gasteiger partial charge in [-0.1, -0.05) is 33.1 Å². The molecule has 1 aliphatic carbocycles. The van der Waals surface area contributed by atoms with Crippen LogP contribution in [-0.2, 0) is 14.4 Å². The molecule has 2 aliphatic heterocycles. The van der Waals surface area contributed by atoms with E-state index in [-0.39, 0.29) is 29.1 Å². The molecule has 0 aromatic carbocycles. The number of fused-ring (bicyclic) bond motifs is 2. The normalized spacial score (nSPS) is 39.4. The fourth-order valence-corrected chi connectivity index (χ4v) is 4.24. The van der Waals surface area contributed by atoms with E-state index in [1.54, 1.807) is 0 Å². The summed E-state index contributed by atoms with van der Waals surface area (Å²) in [7, 11) is 0. The van der Waals surface area contributed by atoms with Gasteiger partial charge in [-0.3, -0.25) is 9.63 Å². The van der Waals surface area contributed by atoms with Crippen LogP contribution in [0.15, 0.2) is 0 Å². The lowest BCUT2D eigenvalue weighted by atomic mass is 9.66. The zero-order chi connectivity index (χ0) is 13.0. The first-order chi connectivity index (χ1) is 8.54. The van der Waals surface area contributed by atoms with Gasteiger partial charge in [0.15, 0.2) is 6.23 Å². The van der Waals surface area contributed by atoms with Gasteiger partial charge in [-0.15, -0.1) is 5.06 Å². The predicted molar refractivity (Wildman–Crippen MR) is 66.4 cm³/mol. The first-order valence-electron chi connectivity index (χ1n) is 7.17. The lowest BCUT2D eigenvalue weighted by Crippen LogP contribution is -2.51. The highest BCUT2D eigenvalue weighted by molar-refractivity contribution is 5.76. The Hall–Kier alpha value is -0.610. The third kappa shape index (κ3) is 1.48. The number of hydrogen-bond donors (Lipinski definition) is 0. The summed E-state index contributed by atoms with van der Waals surface area (Å²) >= 11 is 0. The fraction of sp³-hybridized carbons (Fsp3) is 0.929. The molecular weight excluding hydrogens is 230 g/mol. The lowest BCUT2D eigenvalue weighted by molar-refractivity contribution is -0.163. The number of hydroxylamine groups is 2. The van der Waals surface area contributed by atoms with Crippen LogP contribution < -0.4 is 0 Å². The molecule has 0 aromatic heterocycles. The largest absolute Gasteiger partial charge is 0.466 e. The summed E-state index contributed by atoms with van der Waals surface area (Å²) in [5.74, 6) is -0.0656. The van der Waals surface area contributed by atoms with Gasteiger partial charge in [-0.2, -0.15) is 0 Å². The molecule has 0 amide bonds. The molecule has 2 saturated heterocycles. The van der Waals surface area contributed by atoms with Crippen molar-refractivity contribution in [2.75, 3.05) is 6.61 Å². The lowest BCUT2D eigenvalue weighted by Gasteiger charge is -2.42. The Morgan fingerprint density at radius 2 is 2.00 bits per heavy atom. The van der Waals surface area contributed by atoms with Crippen LogP contribution in [0.4, 0.5) is 0 Å². The van der Waals surface area contributed by atoms with Crippen molar-refractivity contribution >= 4 is 5.97 Å². The molecule has 3 rings (SSSR count). The highest BCUT2D eigenvalue weighted by Gasteiger charge is 2.74. The summed E-state index contributed by atoms with van der Waals surface area (Å²) < 4.78 is 5.34. The number of carbonyl (C=O) groups is 1. The average molecular weight is 253 g/mol. The van der Waals surface area contributed by atoms with Crippen LogP contribution >= 0.6 is 0 Å². The molecule has 0 bridgehead atoms. The van der Waals surface area contributed by atoms with Crippen LogP contribution in [0.2, 0.25) is 0 Å². The van der Waals surface area contributed by atoms with Gasteiger partial charge in [0.25, 0.3) is 0 Å². The Morgan fingerprint density at radius 3 is 2.61 bits per heavy atom. The molecule has 2 heterocycles. The predicted octanol–water partition coefficient (Wildman–Crippen LogP) is 2.48. The second kappa shape index (κ2) is 3.94. The molecule has 3 aliphatic rings. The zero-order valence-electron chi connectivity index (χ0n) is 11.6. The van der Waals surface area contributed by atoms with Crippen LogP contribution in [0.3, 0.4) is 0 Å². The molecule has 1 saturated carbocycles. The van der Waals surface area contributed by atoms with Gasteiger partial charge in [-0.05, 0) is 19.8 Å². The van der Waals surface area contributed by atoms with Gasteiger partial charge in [0.1, 0.15) is 0 Å². The van der Waals surface area contributed by atoms with E-state index >= 15 is 0 Å². The van der Waals surface area contributed by atoms with E-state index in [4.69, 9.17) is 9.57 Å². The fourth-order valence-electron chi connectivity index (χ4n) is 4.24. The third-order valence-corrected chi connectivity index (χ3v) is 4.98. The van der Waals surface area contributed by atoms with E-state index in [2.05, 4.69) is 18.9 Å². The van der Waals surface area contributed by atoms with E-state index in [0.717, 1.165) is 12.8 Å². The van der Waals surface area contributed by atoms with E-state index in [0.29, 0.717) is 6.61 Å². The first kappa shape index (κ1) is 12.4. The van der Waals surface area contributed by atoms with Crippen LogP contribution in [-0.4, -0.2) is 29.4 Å². The maximum Gasteiger partial charge on any atom is 0.311 e. The summed E-state index contributed by atoms with van der Waals surface area (Å²) in [5.41, 5.74) is -0.220. The summed E-state index contributed by atoms with van der Waals surface area (Å²) in [6.07, 6.45) is 5.91. The number of hydrogen-bond acceptors (Lipinski definition) is 4. The Kier molecular flexibility index (Phi) is 2.72. The highest BCUT2D eigenvalue weighted by Crippen LogP contribution is 2.63. The maximum atomic E-state index is 12.4. The minimum atomic E-state index is -0.135. The van der Waals surface area contributed by atoms with Gasteiger partial charge in [0.05, 0.1) is 18.1 Å². The van der Waals surface area contributed by atoms with E-state index in [1.807, 2.05) is 6.92 Å².